The number of amides is 1. The minimum atomic E-state index is 0.0274. The number of carbonyl (C=O) groups is 1. The first-order chi connectivity index (χ1) is 9.60. The summed E-state index contributed by atoms with van der Waals surface area (Å²) in [5.41, 5.74) is 8.24. The number of nitrogens with zero attached hydrogens (tertiary/aromatic N) is 1. The molecule has 1 aliphatic heterocycles. The summed E-state index contributed by atoms with van der Waals surface area (Å²) >= 11 is 0. The second-order valence-electron chi connectivity index (χ2n) is 5.26. The van der Waals surface area contributed by atoms with Crippen LogP contribution in [0.4, 0.5) is 11.4 Å². The smallest absolute Gasteiger partial charge is 0.225 e. The molecule has 0 aliphatic carbocycles. The van der Waals surface area contributed by atoms with Gasteiger partial charge in [-0.15, -0.1) is 0 Å². The second kappa shape index (κ2) is 6.72. The van der Waals surface area contributed by atoms with Gasteiger partial charge in [-0.1, -0.05) is 6.07 Å². The summed E-state index contributed by atoms with van der Waals surface area (Å²) < 4.78 is 5.32. The topological polar surface area (TPSA) is 67.6 Å². The van der Waals surface area contributed by atoms with E-state index in [1.807, 2.05) is 25.1 Å². The number of nitrogens with two attached hydrogens (primary N) is 1. The predicted molar refractivity (Wildman–Crippen MR) is 80.7 cm³/mol. The van der Waals surface area contributed by atoms with Crippen molar-refractivity contribution >= 4 is 17.3 Å². The van der Waals surface area contributed by atoms with Crippen molar-refractivity contribution in [3.05, 3.63) is 23.8 Å². The first-order valence-corrected chi connectivity index (χ1v) is 7.00. The van der Waals surface area contributed by atoms with Crippen molar-refractivity contribution in [1.29, 1.82) is 0 Å². The molecule has 20 heavy (non-hydrogen) atoms. The van der Waals surface area contributed by atoms with Crippen molar-refractivity contribution in [2.75, 3.05) is 37.8 Å². The van der Waals surface area contributed by atoms with Gasteiger partial charge < -0.3 is 20.7 Å². The van der Waals surface area contributed by atoms with E-state index in [-0.39, 0.29) is 5.91 Å². The number of ether oxygens (including phenoxy) is 1. The Bertz CT molecular complexity index is 476. The van der Waals surface area contributed by atoms with E-state index in [9.17, 15) is 4.79 Å². The van der Waals surface area contributed by atoms with Crippen LogP contribution in [0.3, 0.4) is 0 Å². The molecule has 5 nitrogen and oxygen atoms in total. The Morgan fingerprint density at radius 1 is 1.55 bits per heavy atom. The molecule has 1 heterocycles. The zero-order valence-corrected chi connectivity index (χ0v) is 12.2. The molecule has 1 aliphatic rings. The molecule has 0 spiro atoms. The van der Waals surface area contributed by atoms with Gasteiger partial charge in [0, 0.05) is 44.5 Å². The van der Waals surface area contributed by atoms with Crippen molar-refractivity contribution in [2.24, 2.45) is 0 Å². The number of benzene rings is 1. The summed E-state index contributed by atoms with van der Waals surface area (Å²) in [7, 11) is 1.74. The van der Waals surface area contributed by atoms with Gasteiger partial charge in [0.2, 0.25) is 5.91 Å². The Labute approximate surface area is 120 Å². The Balaban J connectivity index is 1.80. The van der Waals surface area contributed by atoms with E-state index < -0.39 is 0 Å². The highest BCUT2D eigenvalue weighted by atomic mass is 16.5. The van der Waals surface area contributed by atoms with Gasteiger partial charge in [0.05, 0.1) is 6.10 Å². The van der Waals surface area contributed by atoms with Crippen LogP contribution >= 0.6 is 0 Å². The average molecular weight is 277 g/mol. The van der Waals surface area contributed by atoms with Crippen molar-refractivity contribution in [2.45, 2.75) is 25.9 Å². The fourth-order valence-electron chi connectivity index (χ4n) is 2.45. The summed E-state index contributed by atoms with van der Waals surface area (Å²) in [4.78, 5) is 14.2. The van der Waals surface area contributed by atoms with Gasteiger partial charge in [0.15, 0.2) is 0 Å². The van der Waals surface area contributed by atoms with E-state index in [4.69, 9.17) is 10.5 Å². The molecule has 3 N–H and O–H groups in total. The SMILES string of the molecule is COC1CCN(CCC(=O)Nc2cccc(N)c2C)C1. The minimum Gasteiger partial charge on any atom is -0.398 e. The van der Waals surface area contributed by atoms with E-state index in [0.717, 1.165) is 37.3 Å². The summed E-state index contributed by atoms with van der Waals surface area (Å²) in [5.74, 6) is 0.0274. The van der Waals surface area contributed by atoms with E-state index >= 15 is 0 Å². The zero-order chi connectivity index (χ0) is 14.5. The van der Waals surface area contributed by atoms with Crippen LogP contribution in [0.2, 0.25) is 0 Å². The third-order valence-corrected chi connectivity index (χ3v) is 3.87. The molecule has 0 aromatic heterocycles. The van der Waals surface area contributed by atoms with E-state index in [1.165, 1.54) is 0 Å². The van der Waals surface area contributed by atoms with Crippen LogP contribution in [-0.2, 0) is 9.53 Å². The first-order valence-electron chi connectivity index (χ1n) is 7.00. The van der Waals surface area contributed by atoms with Gasteiger partial charge in [-0.05, 0) is 31.0 Å². The molecular formula is C15H23N3O2. The fourth-order valence-corrected chi connectivity index (χ4v) is 2.45. The third kappa shape index (κ3) is 3.71. The Morgan fingerprint density at radius 3 is 3.05 bits per heavy atom. The third-order valence-electron chi connectivity index (χ3n) is 3.87. The van der Waals surface area contributed by atoms with Crippen LogP contribution in [-0.4, -0.2) is 43.7 Å². The molecule has 1 saturated heterocycles. The molecule has 1 unspecified atom stereocenters. The second-order valence-corrected chi connectivity index (χ2v) is 5.26. The fraction of sp³-hybridized carbons (Fsp3) is 0.533. The number of anilines is 2. The van der Waals surface area contributed by atoms with Gasteiger partial charge in [-0.25, -0.2) is 0 Å². The van der Waals surface area contributed by atoms with Crippen LogP contribution in [0.5, 0.6) is 0 Å². The van der Waals surface area contributed by atoms with Crippen LogP contribution in [0.25, 0.3) is 0 Å². The molecule has 0 radical (unpaired) electrons. The van der Waals surface area contributed by atoms with Crippen LogP contribution in [0.15, 0.2) is 18.2 Å². The molecule has 2 rings (SSSR count). The van der Waals surface area contributed by atoms with Crippen molar-refractivity contribution in [3.63, 3.8) is 0 Å². The Hall–Kier alpha value is -1.59. The van der Waals surface area contributed by atoms with Crippen molar-refractivity contribution < 1.29 is 9.53 Å². The van der Waals surface area contributed by atoms with Gasteiger partial charge in [0.1, 0.15) is 0 Å². The maximum absolute atomic E-state index is 12.0. The van der Waals surface area contributed by atoms with Gasteiger partial charge in [0.25, 0.3) is 0 Å². The summed E-state index contributed by atoms with van der Waals surface area (Å²) in [6.07, 6.45) is 1.85. The number of hydrogen-bond acceptors (Lipinski definition) is 4. The molecule has 1 atom stereocenters. The van der Waals surface area contributed by atoms with E-state index in [1.54, 1.807) is 7.11 Å². The maximum atomic E-state index is 12.0. The summed E-state index contributed by atoms with van der Waals surface area (Å²) in [5, 5.41) is 2.92. The molecule has 0 bridgehead atoms. The molecule has 1 fully saturated rings. The molecular weight excluding hydrogens is 254 g/mol. The highest BCUT2D eigenvalue weighted by Crippen LogP contribution is 2.20. The number of nitrogens with one attached hydrogen (secondary N) is 1. The number of nitrogen functional groups attached to an aromatic ring is 1. The lowest BCUT2D eigenvalue weighted by Gasteiger charge is -2.15. The van der Waals surface area contributed by atoms with Crippen molar-refractivity contribution in [3.8, 4) is 0 Å². The Kier molecular flexibility index (Phi) is 4.98. The lowest BCUT2D eigenvalue weighted by Crippen LogP contribution is -2.27. The number of methoxy groups -OCH3 is 1. The largest absolute Gasteiger partial charge is 0.398 e. The molecule has 110 valence electrons. The lowest BCUT2D eigenvalue weighted by atomic mass is 10.1. The highest BCUT2D eigenvalue weighted by molar-refractivity contribution is 5.92. The lowest BCUT2D eigenvalue weighted by molar-refractivity contribution is -0.116. The minimum absolute atomic E-state index is 0.0274. The molecule has 1 amide bonds. The average Bonchev–Trinajstić information content (AvgIpc) is 2.90. The Morgan fingerprint density at radius 2 is 2.35 bits per heavy atom. The van der Waals surface area contributed by atoms with E-state index in [0.29, 0.717) is 18.2 Å². The quantitative estimate of drug-likeness (QED) is 0.803. The number of hydrogen-bond donors (Lipinski definition) is 2. The number of rotatable bonds is 5. The predicted octanol–water partition coefficient (Wildman–Crippen LogP) is 1.63. The maximum Gasteiger partial charge on any atom is 0.225 e. The molecule has 5 heteroatoms. The van der Waals surface area contributed by atoms with E-state index in [2.05, 4.69) is 10.2 Å². The number of carbonyl (C=O) groups excluding carboxylic acids is 1. The van der Waals surface area contributed by atoms with Gasteiger partial charge in [-0.2, -0.15) is 0 Å². The zero-order valence-electron chi connectivity index (χ0n) is 12.2. The van der Waals surface area contributed by atoms with Crippen LogP contribution < -0.4 is 11.1 Å². The first kappa shape index (κ1) is 14.8. The monoisotopic (exact) mass is 277 g/mol. The highest BCUT2D eigenvalue weighted by Gasteiger charge is 2.22. The molecule has 1 aromatic rings. The van der Waals surface area contributed by atoms with Crippen molar-refractivity contribution in [1.82, 2.24) is 4.90 Å². The van der Waals surface area contributed by atoms with Gasteiger partial charge in [-0.3, -0.25) is 4.79 Å². The number of likely N-dealkylation sites (tertiary alicyclic amines) is 1. The van der Waals surface area contributed by atoms with Crippen LogP contribution in [0, 0.1) is 6.92 Å². The normalized spacial score (nSPS) is 19.2. The summed E-state index contributed by atoms with van der Waals surface area (Å²) in [6.45, 7) is 4.60. The molecule has 0 saturated carbocycles. The van der Waals surface area contributed by atoms with Gasteiger partial charge >= 0.3 is 0 Å². The summed E-state index contributed by atoms with van der Waals surface area (Å²) in [6, 6.07) is 5.56. The standard InChI is InChI=1S/C15H23N3O2/c1-11-13(16)4-3-5-14(11)17-15(19)7-9-18-8-6-12(10-18)20-2/h3-5,12H,6-10,16H2,1-2H3,(H,17,19). The van der Waals surface area contributed by atoms with Crippen LogP contribution in [0.1, 0.15) is 18.4 Å². The molecule has 1 aromatic carbocycles.